The third kappa shape index (κ3) is 2.25. The van der Waals surface area contributed by atoms with E-state index in [1.54, 1.807) is 17.0 Å². The van der Waals surface area contributed by atoms with Gasteiger partial charge in [-0.05, 0) is 18.6 Å². The Hall–Kier alpha value is -2.83. The van der Waals surface area contributed by atoms with Gasteiger partial charge in [-0.2, -0.15) is 0 Å². The molecule has 7 heteroatoms. The molecule has 4 rings (SSSR count). The lowest BCUT2D eigenvalue weighted by Crippen LogP contribution is -2.41. The van der Waals surface area contributed by atoms with Crippen LogP contribution in [0.3, 0.4) is 0 Å². The zero-order valence-electron chi connectivity index (χ0n) is 12.2. The van der Waals surface area contributed by atoms with Gasteiger partial charge in [-0.25, -0.2) is 9.69 Å². The number of fused-ring (bicyclic) bond motifs is 1. The largest absolute Gasteiger partial charge is 0.451 e. The molecule has 2 aliphatic rings. The minimum Gasteiger partial charge on any atom is -0.451 e. The molecule has 2 aromatic rings. The van der Waals surface area contributed by atoms with Gasteiger partial charge < -0.3 is 14.1 Å². The number of furan rings is 1. The molecule has 118 valence electrons. The number of imide groups is 1. The fraction of sp³-hybridized carbons (Fsp3) is 0.312. The average molecular weight is 314 g/mol. The van der Waals surface area contributed by atoms with Crippen molar-refractivity contribution in [3.05, 3.63) is 36.1 Å². The molecular formula is C16H14N2O5. The second kappa shape index (κ2) is 5.12. The van der Waals surface area contributed by atoms with Crippen molar-refractivity contribution in [3.8, 4) is 0 Å². The van der Waals surface area contributed by atoms with E-state index in [4.69, 9.17) is 9.15 Å². The summed E-state index contributed by atoms with van der Waals surface area (Å²) in [5, 5.41) is 0.866. The molecule has 23 heavy (non-hydrogen) atoms. The summed E-state index contributed by atoms with van der Waals surface area (Å²) in [6, 6.07) is 8.78. The molecule has 1 aromatic carbocycles. The highest BCUT2D eigenvalue weighted by Gasteiger charge is 2.41. The zero-order chi connectivity index (χ0) is 16.0. The number of hydrogen-bond donors (Lipinski definition) is 0. The van der Waals surface area contributed by atoms with E-state index in [9.17, 15) is 14.4 Å². The normalized spacial score (nSPS) is 21.3. The van der Waals surface area contributed by atoms with Gasteiger partial charge in [0.15, 0.2) is 12.4 Å². The molecule has 2 aliphatic heterocycles. The van der Waals surface area contributed by atoms with Gasteiger partial charge in [0.1, 0.15) is 5.58 Å². The van der Waals surface area contributed by atoms with Crippen molar-refractivity contribution in [2.75, 3.05) is 19.7 Å². The number of benzene rings is 1. The maximum absolute atomic E-state index is 12.6. The number of nitrogens with zero attached hydrogens (tertiary/aromatic N) is 2. The van der Waals surface area contributed by atoms with Gasteiger partial charge in [-0.3, -0.25) is 9.59 Å². The number of ether oxygens (including phenoxy) is 1. The Morgan fingerprint density at radius 1 is 1.22 bits per heavy atom. The number of hydrogen-bond acceptors (Lipinski definition) is 5. The highest BCUT2D eigenvalue weighted by atomic mass is 16.6. The molecule has 2 fully saturated rings. The number of rotatable bonds is 2. The number of carbonyl (C=O) groups excluding carboxylic acids is 3. The predicted molar refractivity (Wildman–Crippen MR) is 78.7 cm³/mol. The molecule has 0 spiro atoms. The number of para-hydroxylation sites is 1. The third-order valence-corrected chi connectivity index (χ3v) is 4.24. The molecule has 2 saturated heterocycles. The van der Waals surface area contributed by atoms with Crippen LogP contribution in [-0.4, -0.2) is 53.4 Å². The van der Waals surface area contributed by atoms with Gasteiger partial charge >= 0.3 is 6.09 Å². The molecule has 0 saturated carbocycles. The van der Waals surface area contributed by atoms with E-state index >= 15 is 0 Å². The predicted octanol–water partition coefficient (Wildman–Crippen LogP) is 1.63. The minimum absolute atomic E-state index is 0.215. The van der Waals surface area contributed by atoms with Crippen LogP contribution in [0.4, 0.5) is 4.79 Å². The number of cyclic esters (lactones) is 1. The second-order valence-corrected chi connectivity index (χ2v) is 5.66. The topological polar surface area (TPSA) is 80.1 Å². The SMILES string of the molecule is O=C(c1cc2ccccc2o1)N1CCC(N2C(=O)COC2=O)C1. The number of amides is 3. The molecule has 7 nitrogen and oxygen atoms in total. The summed E-state index contributed by atoms with van der Waals surface area (Å²) in [4.78, 5) is 38.6. The summed E-state index contributed by atoms with van der Waals surface area (Å²) in [5.41, 5.74) is 0.657. The van der Waals surface area contributed by atoms with E-state index in [2.05, 4.69) is 0 Å². The minimum atomic E-state index is -0.627. The van der Waals surface area contributed by atoms with Gasteiger partial charge in [0.05, 0.1) is 6.04 Å². The maximum atomic E-state index is 12.6. The van der Waals surface area contributed by atoms with Crippen LogP contribution in [0.1, 0.15) is 17.0 Å². The average Bonchev–Trinajstić information content (AvgIpc) is 3.25. The molecule has 0 aliphatic carbocycles. The lowest BCUT2D eigenvalue weighted by Gasteiger charge is -2.19. The van der Waals surface area contributed by atoms with Gasteiger partial charge in [-0.1, -0.05) is 18.2 Å². The van der Waals surface area contributed by atoms with Crippen LogP contribution in [0.15, 0.2) is 34.7 Å². The Bertz CT molecular complexity index is 763. The van der Waals surface area contributed by atoms with E-state index in [0.29, 0.717) is 25.1 Å². The van der Waals surface area contributed by atoms with Crippen LogP contribution in [0.5, 0.6) is 0 Å². The van der Waals surface area contributed by atoms with E-state index in [0.717, 1.165) is 10.3 Å². The first-order valence-corrected chi connectivity index (χ1v) is 7.40. The Morgan fingerprint density at radius 3 is 2.78 bits per heavy atom. The summed E-state index contributed by atoms with van der Waals surface area (Å²) in [5.74, 6) is -0.316. The Labute approximate surface area is 131 Å². The van der Waals surface area contributed by atoms with Crippen molar-refractivity contribution >= 4 is 28.9 Å². The Balaban J connectivity index is 1.52. The van der Waals surface area contributed by atoms with Crippen LogP contribution in [0.2, 0.25) is 0 Å². The molecule has 3 amide bonds. The zero-order valence-corrected chi connectivity index (χ0v) is 12.2. The lowest BCUT2D eigenvalue weighted by molar-refractivity contribution is -0.127. The van der Waals surface area contributed by atoms with Crippen molar-refractivity contribution < 1.29 is 23.5 Å². The van der Waals surface area contributed by atoms with E-state index in [-0.39, 0.29) is 30.2 Å². The van der Waals surface area contributed by atoms with Gasteiger partial charge in [0, 0.05) is 18.5 Å². The summed E-state index contributed by atoms with van der Waals surface area (Å²) in [6.07, 6.45) is -0.0784. The van der Waals surface area contributed by atoms with Crippen molar-refractivity contribution in [1.29, 1.82) is 0 Å². The first kappa shape index (κ1) is 13.8. The molecule has 0 N–H and O–H groups in total. The molecule has 1 unspecified atom stereocenters. The monoisotopic (exact) mass is 314 g/mol. The van der Waals surface area contributed by atoms with Crippen LogP contribution >= 0.6 is 0 Å². The van der Waals surface area contributed by atoms with Gasteiger partial charge in [0.2, 0.25) is 0 Å². The molecular weight excluding hydrogens is 300 g/mol. The van der Waals surface area contributed by atoms with Crippen molar-refractivity contribution in [1.82, 2.24) is 9.80 Å². The fourth-order valence-corrected chi connectivity index (χ4v) is 3.10. The van der Waals surface area contributed by atoms with Crippen LogP contribution in [-0.2, 0) is 9.53 Å². The van der Waals surface area contributed by atoms with Crippen LogP contribution < -0.4 is 0 Å². The number of carbonyl (C=O) groups is 3. The van der Waals surface area contributed by atoms with E-state index in [1.165, 1.54) is 0 Å². The molecule has 1 aromatic heterocycles. The summed E-state index contributed by atoms with van der Waals surface area (Å²) in [6.45, 7) is 0.557. The fourth-order valence-electron chi connectivity index (χ4n) is 3.10. The standard InChI is InChI=1S/C16H14N2O5/c19-14-9-22-16(21)18(14)11-5-6-17(8-11)15(20)13-7-10-3-1-2-4-12(10)23-13/h1-4,7,11H,5-6,8-9H2. The quantitative estimate of drug-likeness (QED) is 0.841. The first-order chi connectivity index (χ1) is 11.1. The maximum Gasteiger partial charge on any atom is 0.417 e. The van der Waals surface area contributed by atoms with E-state index < -0.39 is 6.09 Å². The van der Waals surface area contributed by atoms with Crippen LogP contribution in [0.25, 0.3) is 11.0 Å². The Kier molecular flexibility index (Phi) is 3.07. The van der Waals surface area contributed by atoms with Gasteiger partial charge in [-0.15, -0.1) is 0 Å². The van der Waals surface area contributed by atoms with Gasteiger partial charge in [0.25, 0.3) is 11.8 Å². The molecule has 3 heterocycles. The van der Waals surface area contributed by atoms with Crippen molar-refractivity contribution in [2.45, 2.75) is 12.5 Å². The highest BCUT2D eigenvalue weighted by molar-refractivity contribution is 5.99. The van der Waals surface area contributed by atoms with Crippen molar-refractivity contribution in [3.63, 3.8) is 0 Å². The lowest BCUT2D eigenvalue weighted by atomic mass is 10.2. The summed E-state index contributed by atoms with van der Waals surface area (Å²) in [7, 11) is 0. The molecule has 1 atom stereocenters. The van der Waals surface area contributed by atoms with Crippen LogP contribution in [0, 0.1) is 0 Å². The summed E-state index contributed by atoms with van der Waals surface area (Å²) >= 11 is 0. The smallest absolute Gasteiger partial charge is 0.417 e. The van der Waals surface area contributed by atoms with Crippen molar-refractivity contribution in [2.24, 2.45) is 0 Å². The second-order valence-electron chi connectivity index (χ2n) is 5.66. The van der Waals surface area contributed by atoms with E-state index in [1.807, 2.05) is 18.2 Å². The molecule has 0 radical (unpaired) electrons. The highest BCUT2D eigenvalue weighted by Crippen LogP contribution is 2.24. The first-order valence-electron chi connectivity index (χ1n) is 7.40. The third-order valence-electron chi connectivity index (χ3n) is 4.24. The summed E-state index contributed by atoms with van der Waals surface area (Å²) < 4.78 is 10.3. The molecule has 0 bridgehead atoms. The Morgan fingerprint density at radius 2 is 2.04 bits per heavy atom. The number of likely N-dealkylation sites (tertiary alicyclic amines) is 1.